The minimum Gasteiger partial charge on any atom is -0.469 e. The molecule has 3 heteroatoms. The maximum Gasteiger partial charge on any atom is 0.105 e. The Balaban J connectivity index is 1.93. The van der Waals surface area contributed by atoms with Crippen molar-refractivity contribution >= 4 is 5.84 Å². The fourth-order valence-corrected chi connectivity index (χ4v) is 1.91. The van der Waals surface area contributed by atoms with Crippen molar-refractivity contribution in [1.29, 1.82) is 5.41 Å². The quantitative estimate of drug-likeness (QED) is 0.755. The number of furan rings is 1. The normalized spacial score (nSPS) is 22.9. The maximum atomic E-state index is 7.65. The smallest absolute Gasteiger partial charge is 0.105 e. The molecular formula is C11H16N2O. The highest BCUT2D eigenvalue weighted by Gasteiger charge is 2.15. The van der Waals surface area contributed by atoms with E-state index in [2.05, 4.69) is 5.32 Å². The van der Waals surface area contributed by atoms with Crippen molar-refractivity contribution < 1.29 is 4.42 Å². The molecule has 1 unspecified atom stereocenters. The van der Waals surface area contributed by atoms with Crippen LogP contribution in [0, 0.1) is 5.41 Å². The van der Waals surface area contributed by atoms with Gasteiger partial charge in [0.1, 0.15) is 5.76 Å². The molecule has 1 aromatic rings. The fraction of sp³-hybridized carbons (Fsp3) is 0.545. The molecule has 0 aromatic carbocycles. The molecule has 2 rings (SSSR count). The Labute approximate surface area is 84.0 Å². The first-order valence-electron chi connectivity index (χ1n) is 5.21. The van der Waals surface area contributed by atoms with Crippen molar-refractivity contribution in [1.82, 2.24) is 5.32 Å². The Morgan fingerprint density at radius 3 is 3.21 bits per heavy atom. The first-order chi connectivity index (χ1) is 6.84. The van der Waals surface area contributed by atoms with Gasteiger partial charge >= 0.3 is 0 Å². The van der Waals surface area contributed by atoms with E-state index >= 15 is 0 Å². The molecule has 0 saturated carbocycles. The van der Waals surface area contributed by atoms with Gasteiger partial charge in [-0.2, -0.15) is 0 Å². The molecule has 0 amide bonds. The highest BCUT2D eigenvalue weighted by Crippen LogP contribution is 2.14. The molecule has 0 radical (unpaired) electrons. The van der Waals surface area contributed by atoms with Crippen molar-refractivity contribution in [2.75, 3.05) is 0 Å². The lowest BCUT2D eigenvalue weighted by molar-refractivity contribution is 0.456. The van der Waals surface area contributed by atoms with Crippen LogP contribution in [0.1, 0.15) is 31.4 Å². The second-order valence-corrected chi connectivity index (χ2v) is 3.85. The molecule has 14 heavy (non-hydrogen) atoms. The van der Waals surface area contributed by atoms with Crippen LogP contribution in [0.2, 0.25) is 0 Å². The van der Waals surface area contributed by atoms with E-state index in [1.165, 1.54) is 6.42 Å². The van der Waals surface area contributed by atoms with Crippen molar-refractivity contribution in [3.63, 3.8) is 0 Å². The summed E-state index contributed by atoms with van der Waals surface area (Å²) >= 11 is 0. The second-order valence-electron chi connectivity index (χ2n) is 3.85. The van der Waals surface area contributed by atoms with Crippen LogP contribution in [0.25, 0.3) is 0 Å². The zero-order valence-corrected chi connectivity index (χ0v) is 8.25. The van der Waals surface area contributed by atoms with Crippen LogP contribution in [-0.2, 0) is 6.42 Å². The van der Waals surface area contributed by atoms with E-state index in [1.54, 1.807) is 6.26 Å². The van der Waals surface area contributed by atoms with Crippen LogP contribution in [0.5, 0.6) is 0 Å². The van der Waals surface area contributed by atoms with Crippen molar-refractivity contribution in [3.8, 4) is 0 Å². The standard InChI is InChI=1S/C11H16N2O/c12-11-6-2-1-4-9(13-11)8-10-5-3-7-14-10/h3,5,7,9H,1-2,4,6,8H2,(H2,12,13). The topological polar surface area (TPSA) is 49.0 Å². The zero-order chi connectivity index (χ0) is 9.80. The van der Waals surface area contributed by atoms with Crippen LogP contribution in [0.3, 0.4) is 0 Å². The summed E-state index contributed by atoms with van der Waals surface area (Å²) in [7, 11) is 0. The van der Waals surface area contributed by atoms with Gasteiger partial charge in [-0.1, -0.05) is 6.42 Å². The fourth-order valence-electron chi connectivity index (χ4n) is 1.91. The van der Waals surface area contributed by atoms with E-state index in [0.717, 1.165) is 31.4 Å². The summed E-state index contributed by atoms with van der Waals surface area (Å²) in [6, 6.07) is 4.30. The van der Waals surface area contributed by atoms with Gasteiger partial charge in [-0.05, 0) is 25.0 Å². The Kier molecular flexibility index (Phi) is 2.87. The predicted molar refractivity (Wildman–Crippen MR) is 55.5 cm³/mol. The minimum atomic E-state index is 0.385. The molecule has 0 bridgehead atoms. The Bertz CT molecular complexity index is 292. The summed E-state index contributed by atoms with van der Waals surface area (Å²) in [6.07, 6.45) is 6.99. The largest absolute Gasteiger partial charge is 0.469 e. The van der Waals surface area contributed by atoms with Gasteiger partial charge in [0.25, 0.3) is 0 Å². The van der Waals surface area contributed by atoms with Gasteiger partial charge in [-0.15, -0.1) is 0 Å². The molecule has 1 atom stereocenters. The number of hydrogen-bond donors (Lipinski definition) is 2. The first-order valence-corrected chi connectivity index (χ1v) is 5.21. The second kappa shape index (κ2) is 4.31. The van der Waals surface area contributed by atoms with Crippen LogP contribution < -0.4 is 5.32 Å². The molecule has 2 heterocycles. The summed E-state index contributed by atoms with van der Waals surface area (Å²) < 4.78 is 5.30. The highest BCUT2D eigenvalue weighted by molar-refractivity contribution is 5.79. The van der Waals surface area contributed by atoms with E-state index in [0.29, 0.717) is 11.9 Å². The summed E-state index contributed by atoms with van der Waals surface area (Å²) in [5.41, 5.74) is 0. The monoisotopic (exact) mass is 192 g/mol. The molecule has 2 N–H and O–H groups in total. The molecule has 3 nitrogen and oxygen atoms in total. The number of rotatable bonds is 2. The number of amidine groups is 1. The molecule has 0 spiro atoms. The van der Waals surface area contributed by atoms with Gasteiger partial charge in [0.15, 0.2) is 0 Å². The summed E-state index contributed by atoms with van der Waals surface area (Å²) in [5, 5.41) is 10.9. The SMILES string of the molecule is N=C1CCCCC(Cc2ccco2)N1. The predicted octanol–water partition coefficient (Wildman–Crippen LogP) is 2.33. The average Bonchev–Trinajstić information content (AvgIpc) is 2.56. The summed E-state index contributed by atoms with van der Waals surface area (Å²) in [4.78, 5) is 0. The number of nitrogens with one attached hydrogen (secondary N) is 2. The number of hydrogen-bond acceptors (Lipinski definition) is 2. The minimum absolute atomic E-state index is 0.385. The third kappa shape index (κ3) is 2.37. The highest BCUT2D eigenvalue weighted by atomic mass is 16.3. The zero-order valence-electron chi connectivity index (χ0n) is 8.25. The van der Waals surface area contributed by atoms with Gasteiger partial charge in [-0.25, -0.2) is 0 Å². The molecule has 0 aliphatic carbocycles. The molecular weight excluding hydrogens is 176 g/mol. The van der Waals surface area contributed by atoms with E-state index < -0.39 is 0 Å². The molecule has 76 valence electrons. The third-order valence-corrected chi connectivity index (χ3v) is 2.64. The van der Waals surface area contributed by atoms with Gasteiger partial charge in [0.05, 0.1) is 12.1 Å². The van der Waals surface area contributed by atoms with Gasteiger partial charge in [0, 0.05) is 18.9 Å². The summed E-state index contributed by atoms with van der Waals surface area (Å²) in [5.74, 6) is 1.69. The van der Waals surface area contributed by atoms with Gasteiger partial charge < -0.3 is 9.73 Å². The van der Waals surface area contributed by atoms with Crippen LogP contribution in [-0.4, -0.2) is 11.9 Å². The van der Waals surface area contributed by atoms with Crippen LogP contribution in [0.4, 0.5) is 0 Å². The molecule has 1 saturated heterocycles. The Hall–Kier alpha value is -1.25. The van der Waals surface area contributed by atoms with Crippen molar-refractivity contribution in [3.05, 3.63) is 24.2 Å². The van der Waals surface area contributed by atoms with E-state index in [4.69, 9.17) is 9.83 Å². The molecule has 1 fully saturated rings. The summed E-state index contributed by atoms with van der Waals surface area (Å²) in [6.45, 7) is 0. The molecule has 1 aliphatic rings. The van der Waals surface area contributed by atoms with E-state index in [1.807, 2.05) is 12.1 Å². The van der Waals surface area contributed by atoms with Crippen molar-refractivity contribution in [2.45, 2.75) is 38.1 Å². The third-order valence-electron chi connectivity index (χ3n) is 2.64. The lowest BCUT2D eigenvalue weighted by Gasteiger charge is -2.15. The van der Waals surface area contributed by atoms with Crippen LogP contribution in [0.15, 0.2) is 22.8 Å². The lowest BCUT2D eigenvalue weighted by atomic mass is 10.1. The van der Waals surface area contributed by atoms with Crippen molar-refractivity contribution in [2.24, 2.45) is 0 Å². The Morgan fingerprint density at radius 2 is 2.43 bits per heavy atom. The molecule has 1 aromatic heterocycles. The van der Waals surface area contributed by atoms with E-state index in [9.17, 15) is 0 Å². The van der Waals surface area contributed by atoms with Crippen LogP contribution >= 0.6 is 0 Å². The molecule has 1 aliphatic heterocycles. The first kappa shape index (κ1) is 9.31. The van der Waals surface area contributed by atoms with Gasteiger partial charge in [-0.3, -0.25) is 5.41 Å². The van der Waals surface area contributed by atoms with E-state index in [-0.39, 0.29) is 0 Å². The maximum absolute atomic E-state index is 7.65. The average molecular weight is 192 g/mol. The van der Waals surface area contributed by atoms with Gasteiger partial charge in [0.2, 0.25) is 0 Å². The lowest BCUT2D eigenvalue weighted by Crippen LogP contribution is -2.33. The Morgan fingerprint density at radius 1 is 1.50 bits per heavy atom.